The van der Waals surface area contributed by atoms with E-state index in [4.69, 9.17) is 9.47 Å². The fourth-order valence-corrected chi connectivity index (χ4v) is 2.75. The van der Waals surface area contributed by atoms with Crippen molar-refractivity contribution in [1.29, 1.82) is 0 Å². The van der Waals surface area contributed by atoms with Gasteiger partial charge in [0.2, 0.25) is 6.79 Å². The van der Waals surface area contributed by atoms with Gasteiger partial charge in [-0.3, -0.25) is 0 Å². The zero-order chi connectivity index (χ0) is 14.1. The van der Waals surface area contributed by atoms with Gasteiger partial charge in [-0.2, -0.15) is 8.42 Å². The highest BCUT2D eigenvalue weighted by Crippen LogP contribution is 2.33. The number of rotatable bonds is 2. The lowest BCUT2D eigenvalue weighted by molar-refractivity contribution is -0.680. The van der Waals surface area contributed by atoms with Crippen molar-refractivity contribution in [3.05, 3.63) is 52.9 Å². The van der Waals surface area contributed by atoms with E-state index in [9.17, 15) is 13.6 Å². The first kappa shape index (κ1) is 12.9. The summed E-state index contributed by atoms with van der Waals surface area (Å²) in [5.74, 6) is 1.30. The lowest BCUT2D eigenvalue weighted by Gasteiger charge is -2.21. The summed E-state index contributed by atoms with van der Waals surface area (Å²) in [5, 5.41) is 11.1. The largest absolute Gasteiger partial charge is 0.623 e. The highest BCUT2D eigenvalue weighted by atomic mass is 32.2. The van der Waals surface area contributed by atoms with Gasteiger partial charge in [0, 0.05) is 12.0 Å². The summed E-state index contributed by atoms with van der Waals surface area (Å²) in [6.07, 6.45) is 4.78. The number of nitrogens with one attached hydrogen (secondary N) is 1. The maximum atomic E-state index is 11.6. The van der Waals surface area contributed by atoms with Crippen LogP contribution in [0.15, 0.2) is 42.1 Å². The molecule has 2 aliphatic rings. The molecule has 3 rings (SSSR count). The normalized spacial score (nSPS) is 19.9. The van der Waals surface area contributed by atoms with Gasteiger partial charge in [-0.15, -0.1) is 0 Å². The van der Waals surface area contributed by atoms with Crippen LogP contribution >= 0.6 is 0 Å². The molecule has 1 atom stereocenters. The summed E-state index contributed by atoms with van der Waals surface area (Å²) in [7, 11) is -2.54. The molecule has 0 saturated carbocycles. The number of hydrogen-bond donors (Lipinski definition) is 1. The van der Waals surface area contributed by atoms with Crippen molar-refractivity contribution in [3.63, 3.8) is 0 Å². The second kappa shape index (κ2) is 5.12. The van der Waals surface area contributed by atoms with E-state index in [1.165, 1.54) is 6.20 Å². The van der Waals surface area contributed by atoms with Gasteiger partial charge >= 0.3 is 0 Å². The van der Waals surface area contributed by atoms with Gasteiger partial charge in [0.1, 0.15) is 6.20 Å². The Kier molecular flexibility index (Phi) is 3.31. The van der Waals surface area contributed by atoms with E-state index in [1.807, 2.05) is 6.07 Å². The van der Waals surface area contributed by atoms with Crippen LogP contribution in [0.3, 0.4) is 0 Å². The molecule has 0 aliphatic carbocycles. The van der Waals surface area contributed by atoms with E-state index in [2.05, 4.69) is 0 Å². The Bertz CT molecular complexity index is 740. The Morgan fingerprint density at radius 2 is 2.05 bits per heavy atom. The SMILES string of the molecule is O=S(=O)=C1C(Cc2ccc3c(c2)OCO3)=CC=C[NH+]1[O-]. The van der Waals surface area contributed by atoms with Crippen molar-refractivity contribution < 1.29 is 23.0 Å². The van der Waals surface area contributed by atoms with Crippen LogP contribution in [0.4, 0.5) is 0 Å². The minimum Gasteiger partial charge on any atom is -0.623 e. The molecule has 0 radical (unpaired) electrons. The third-order valence-electron chi connectivity index (χ3n) is 3.06. The van der Waals surface area contributed by atoms with Crippen LogP contribution in [0.5, 0.6) is 11.5 Å². The van der Waals surface area contributed by atoms with E-state index >= 15 is 0 Å². The predicted octanol–water partition coefficient (Wildman–Crippen LogP) is -0.197. The zero-order valence-electron chi connectivity index (χ0n) is 10.3. The van der Waals surface area contributed by atoms with Crippen LogP contribution in [-0.2, 0) is 16.7 Å². The molecule has 7 heteroatoms. The molecule has 0 spiro atoms. The van der Waals surface area contributed by atoms with E-state index < -0.39 is 15.4 Å². The molecule has 1 unspecified atom stereocenters. The number of hydrogen-bond acceptors (Lipinski definition) is 5. The molecule has 0 bridgehead atoms. The zero-order valence-corrected chi connectivity index (χ0v) is 11.1. The van der Waals surface area contributed by atoms with Crippen LogP contribution in [0.1, 0.15) is 5.56 Å². The molecular weight excluding hydrogens is 282 g/mol. The van der Waals surface area contributed by atoms with Crippen molar-refractivity contribution in [2.75, 3.05) is 6.79 Å². The molecule has 2 aliphatic heterocycles. The molecular formula is C13H11NO5S. The van der Waals surface area contributed by atoms with E-state index in [0.29, 0.717) is 23.5 Å². The minimum atomic E-state index is -2.54. The molecule has 2 heterocycles. The summed E-state index contributed by atoms with van der Waals surface area (Å²) in [5.41, 5.74) is 1.33. The van der Waals surface area contributed by atoms with Gasteiger partial charge in [0.15, 0.2) is 11.5 Å². The topological polar surface area (TPSA) is 80.1 Å². The number of benzene rings is 1. The highest BCUT2D eigenvalue weighted by Gasteiger charge is 2.20. The van der Waals surface area contributed by atoms with Crippen molar-refractivity contribution >= 4 is 15.3 Å². The molecule has 1 aromatic carbocycles. The third kappa shape index (κ3) is 2.34. The number of allylic oxidation sites excluding steroid dienone is 2. The molecule has 1 aromatic rings. The fraction of sp³-hybridized carbons (Fsp3) is 0.154. The van der Waals surface area contributed by atoms with Crippen LogP contribution in [0.25, 0.3) is 0 Å². The molecule has 0 fully saturated rings. The van der Waals surface area contributed by atoms with Crippen molar-refractivity contribution in [2.45, 2.75) is 6.42 Å². The van der Waals surface area contributed by atoms with Gasteiger partial charge in [-0.1, -0.05) is 6.07 Å². The average molecular weight is 293 g/mol. The minimum absolute atomic E-state index is 0.176. The monoisotopic (exact) mass is 293 g/mol. The number of fused-ring (bicyclic) bond motifs is 1. The second-order valence-electron chi connectivity index (χ2n) is 4.34. The Morgan fingerprint density at radius 1 is 1.25 bits per heavy atom. The summed E-state index contributed by atoms with van der Waals surface area (Å²) < 4.78 is 32.8. The first-order chi connectivity index (χ1) is 9.65. The molecule has 0 amide bonds. The molecule has 20 heavy (non-hydrogen) atoms. The second-order valence-corrected chi connectivity index (χ2v) is 5.22. The van der Waals surface area contributed by atoms with Gasteiger partial charge < -0.3 is 19.7 Å². The Labute approximate surface area is 116 Å². The molecule has 1 N–H and O–H groups in total. The van der Waals surface area contributed by atoms with Crippen molar-refractivity contribution in [3.8, 4) is 11.5 Å². The smallest absolute Gasteiger partial charge is 0.277 e. The fourth-order valence-electron chi connectivity index (χ4n) is 2.16. The summed E-state index contributed by atoms with van der Waals surface area (Å²) in [6.45, 7) is 0.185. The quantitative estimate of drug-likeness (QED) is 0.603. The number of hydroxylamine groups is 2. The van der Waals surface area contributed by atoms with Gasteiger partial charge in [-0.25, -0.2) is 0 Å². The average Bonchev–Trinajstić information content (AvgIpc) is 2.85. The Balaban J connectivity index is 1.93. The molecule has 104 valence electrons. The summed E-state index contributed by atoms with van der Waals surface area (Å²) in [6, 6.07) is 5.38. The van der Waals surface area contributed by atoms with Crippen molar-refractivity contribution in [2.24, 2.45) is 0 Å². The summed E-state index contributed by atoms with van der Waals surface area (Å²) in [4.78, 5) is -0.176. The first-order valence-electron chi connectivity index (χ1n) is 5.92. The van der Waals surface area contributed by atoms with Gasteiger partial charge in [0.05, 0.1) is 0 Å². The van der Waals surface area contributed by atoms with Gasteiger partial charge in [0.25, 0.3) is 15.3 Å². The highest BCUT2D eigenvalue weighted by molar-refractivity contribution is 7.72. The molecule has 0 saturated heterocycles. The Morgan fingerprint density at radius 3 is 2.85 bits per heavy atom. The molecule has 6 nitrogen and oxygen atoms in total. The third-order valence-corrected chi connectivity index (χ3v) is 3.86. The number of quaternary nitrogens is 1. The van der Waals surface area contributed by atoms with Gasteiger partial charge in [-0.05, 0) is 29.8 Å². The lowest BCUT2D eigenvalue weighted by Crippen LogP contribution is -3.06. The van der Waals surface area contributed by atoms with Crippen LogP contribution in [0, 0.1) is 5.21 Å². The van der Waals surface area contributed by atoms with E-state index in [1.54, 1.807) is 24.3 Å². The molecule has 0 aromatic heterocycles. The first-order valence-corrected chi connectivity index (χ1v) is 6.99. The summed E-state index contributed by atoms with van der Waals surface area (Å²) >= 11 is 0. The lowest BCUT2D eigenvalue weighted by atomic mass is 10.0. The van der Waals surface area contributed by atoms with Crippen LogP contribution in [0.2, 0.25) is 0 Å². The van der Waals surface area contributed by atoms with Crippen LogP contribution < -0.4 is 14.5 Å². The maximum Gasteiger partial charge on any atom is 0.277 e. The van der Waals surface area contributed by atoms with Crippen LogP contribution in [-0.4, -0.2) is 20.2 Å². The Hall–Kier alpha value is -2.09. The maximum absolute atomic E-state index is 11.6. The standard InChI is InChI=1S/C13H11NO5S/c15-14-5-1-2-10(13(14)20(16)17)6-9-3-4-11-12(7-9)19-8-18-11/h1-5,7,14H,6,8H2. The predicted molar refractivity (Wildman–Crippen MR) is 71.7 cm³/mol. The van der Waals surface area contributed by atoms with E-state index in [0.717, 1.165) is 5.56 Å². The number of ether oxygens (including phenoxy) is 2. The van der Waals surface area contributed by atoms with Crippen molar-refractivity contribution in [1.82, 2.24) is 0 Å². The van der Waals surface area contributed by atoms with E-state index in [-0.39, 0.29) is 11.8 Å².